The first-order chi connectivity index (χ1) is 7.36. The Kier molecular flexibility index (Phi) is 6.55. The summed E-state index contributed by atoms with van der Waals surface area (Å²) in [7, 11) is 0. The van der Waals surface area contributed by atoms with Crippen molar-refractivity contribution in [1.29, 1.82) is 0 Å². The molecule has 0 rings (SSSR count). The first kappa shape index (κ1) is 15.3. The van der Waals surface area contributed by atoms with Crippen LogP contribution in [-0.4, -0.2) is 35.3 Å². The van der Waals surface area contributed by atoms with Crippen LogP contribution in [0.3, 0.4) is 0 Å². The summed E-state index contributed by atoms with van der Waals surface area (Å²) in [6.07, 6.45) is 0.781. The molecule has 0 aliphatic carbocycles. The Hall–Kier alpha value is -0.650. The van der Waals surface area contributed by atoms with Crippen LogP contribution in [0.2, 0.25) is 0 Å². The highest BCUT2D eigenvalue weighted by Crippen LogP contribution is 2.22. The van der Waals surface area contributed by atoms with E-state index < -0.39 is 17.7 Å². The molecule has 0 fully saturated rings. The molecule has 0 spiro atoms. The highest BCUT2D eigenvalue weighted by Gasteiger charge is 2.48. The second-order valence-electron chi connectivity index (χ2n) is 3.25. The maximum atomic E-state index is 13.1. The minimum Gasteiger partial charge on any atom is -0.461 e. The predicted molar refractivity (Wildman–Crippen MR) is 58.8 cm³/mol. The molecule has 0 aromatic carbocycles. The molecule has 6 heteroatoms. The second-order valence-corrected chi connectivity index (χ2v) is 4.67. The fraction of sp³-hybridized carbons (Fsp3) is 0.800. The number of hydrogen-bond acceptors (Lipinski definition) is 4. The third-order valence-electron chi connectivity index (χ3n) is 1.96. The van der Waals surface area contributed by atoms with Gasteiger partial charge in [-0.15, -0.1) is 0 Å². The smallest absolute Gasteiger partial charge is 0.400 e. The molecular formula is C10H16F2O3S. The van der Waals surface area contributed by atoms with Crippen LogP contribution in [0.4, 0.5) is 8.78 Å². The summed E-state index contributed by atoms with van der Waals surface area (Å²) in [4.78, 5) is 21.9. The standard InChI is InChI=1S/C10H16F2O3S/c1-4-7(3)16-6-8(13)10(11,12)9(14)15-5-2/h7H,4-6H2,1-3H3. The normalized spacial score (nSPS) is 13.3. The van der Waals surface area contributed by atoms with Crippen molar-refractivity contribution in [1.82, 2.24) is 0 Å². The molecule has 0 N–H and O–H groups in total. The van der Waals surface area contributed by atoms with Gasteiger partial charge >= 0.3 is 11.9 Å². The number of carbonyl (C=O) groups excluding carboxylic acids is 2. The molecule has 0 aliphatic heterocycles. The van der Waals surface area contributed by atoms with Gasteiger partial charge in [0.1, 0.15) is 0 Å². The number of Topliss-reactive ketones (excluding diaryl/α,β-unsaturated/α-hetero) is 1. The maximum Gasteiger partial charge on any atom is 0.400 e. The van der Waals surface area contributed by atoms with Gasteiger partial charge in [0.05, 0.1) is 12.4 Å². The molecule has 0 heterocycles. The van der Waals surface area contributed by atoms with E-state index in [-0.39, 0.29) is 17.6 Å². The Labute approximate surface area is 97.9 Å². The summed E-state index contributed by atoms with van der Waals surface area (Å²) < 4.78 is 30.4. The van der Waals surface area contributed by atoms with Crippen molar-refractivity contribution in [2.24, 2.45) is 0 Å². The number of hydrogen-bond donors (Lipinski definition) is 0. The van der Waals surface area contributed by atoms with Crippen LogP contribution >= 0.6 is 11.8 Å². The van der Waals surface area contributed by atoms with Crippen molar-refractivity contribution in [3.63, 3.8) is 0 Å². The lowest BCUT2D eigenvalue weighted by Crippen LogP contribution is -2.40. The van der Waals surface area contributed by atoms with Crippen molar-refractivity contribution in [3.05, 3.63) is 0 Å². The number of ether oxygens (including phenoxy) is 1. The van der Waals surface area contributed by atoms with E-state index in [1.54, 1.807) is 0 Å². The van der Waals surface area contributed by atoms with Gasteiger partial charge in [0.2, 0.25) is 5.78 Å². The van der Waals surface area contributed by atoms with E-state index >= 15 is 0 Å². The van der Waals surface area contributed by atoms with Crippen LogP contribution < -0.4 is 0 Å². The van der Waals surface area contributed by atoms with E-state index in [0.29, 0.717) is 0 Å². The van der Waals surface area contributed by atoms with Crippen LogP contribution in [-0.2, 0) is 14.3 Å². The Bertz CT molecular complexity index is 256. The van der Waals surface area contributed by atoms with E-state index in [1.807, 2.05) is 13.8 Å². The first-order valence-electron chi connectivity index (χ1n) is 5.06. The van der Waals surface area contributed by atoms with E-state index in [0.717, 1.165) is 18.2 Å². The van der Waals surface area contributed by atoms with Crippen LogP contribution in [0.5, 0.6) is 0 Å². The zero-order chi connectivity index (χ0) is 12.8. The summed E-state index contributed by atoms with van der Waals surface area (Å²) in [6, 6.07) is 0. The Morgan fingerprint density at radius 3 is 2.38 bits per heavy atom. The third kappa shape index (κ3) is 4.47. The van der Waals surface area contributed by atoms with Gasteiger partial charge in [-0.25, -0.2) is 4.79 Å². The summed E-state index contributed by atoms with van der Waals surface area (Å²) in [6.45, 7) is 4.97. The molecule has 0 bridgehead atoms. The zero-order valence-electron chi connectivity index (χ0n) is 9.59. The quantitative estimate of drug-likeness (QED) is 0.516. The van der Waals surface area contributed by atoms with E-state index in [1.165, 1.54) is 6.92 Å². The average molecular weight is 254 g/mol. The summed E-state index contributed by atoms with van der Waals surface area (Å²) in [5.41, 5.74) is 0. The number of ketones is 1. The van der Waals surface area contributed by atoms with E-state index in [9.17, 15) is 18.4 Å². The number of rotatable bonds is 7. The molecule has 0 radical (unpaired) electrons. The lowest BCUT2D eigenvalue weighted by molar-refractivity contribution is -0.175. The molecule has 1 unspecified atom stereocenters. The fourth-order valence-corrected chi connectivity index (χ4v) is 1.61. The minimum absolute atomic E-state index is 0.113. The van der Waals surface area contributed by atoms with Gasteiger partial charge in [-0.05, 0) is 13.3 Å². The SMILES string of the molecule is CCOC(=O)C(F)(F)C(=O)CSC(C)CC. The maximum absolute atomic E-state index is 13.1. The second kappa shape index (κ2) is 6.83. The molecule has 0 aromatic rings. The fourth-order valence-electron chi connectivity index (χ4n) is 0.762. The summed E-state index contributed by atoms with van der Waals surface area (Å²) in [5.74, 6) is -7.54. The van der Waals surface area contributed by atoms with Crippen LogP contribution in [0.1, 0.15) is 27.2 Å². The number of esters is 1. The third-order valence-corrected chi connectivity index (χ3v) is 3.29. The molecule has 0 aromatic heterocycles. The number of thioether (sulfide) groups is 1. The molecule has 0 saturated heterocycles. The minimum atomic E-state index is -4.02. The van der Waals surface area contributed by atoms with Crippen molar-refractivity contribution in [2.75, 3.05) is 12.4 Å². The number of halogens is 2. The zero-order valence-corrected chi connectivity index (χ0v) is 10.4. The van der Waals surface area contributed by atoms with Crippen LogP contribution in [0.25, 0.3) is 0 Å². The monoisotopic (exact) mass is 254 g/mol. The van der Waals surface area contributed by atoms with Gasteiger partial charge < -0.3 is 4.74 Å². The Balaban J connectivity index is 4.29. The van der Waals surface area contributed by atoms with Crippen molar-refractivity contribution < 1.29 is 23.1 Å². The lowest BCUT2D eigenvalue weighted by atomic mass is 10.2. The molecular weight excluding hydrogens is 238 g/mol. The molecule has 3 nitrogen and oxygen atoms in total. The van der Waals surface area contributed by atoms with Gasteiger partial charge in [-0.3, -0.25) is 4.79 Å². The molecule has 1 atom stereocenters. The number of alkyl halides is 2. The van der Waals surface area contributed by atoms with E-state index in [4.69, 9.17) is 0 Å². The Morgan fingerprint density at radius 2 is 1.94 bits per heavy atom. The predicted octanol–water partition coefficient (Wildman–Crippen LogP) is 2.29. The summed E-state index contributed by atoms with van der Waals surface area (Å²) in [5, 5.41) is 0.113. The van der Waals surface area contributed by atoms with Crippen LogP contribution in [0, 0.1) is 0 Å². The van der Waals surface area contributed by atoms with Gasteiger partial charge in [-0.1, -0.05) is 13.8 Å². The molecule has 0 amide bonds. The molecule has 94 valence electrons. The summed E-state index contributed by atoms with van der Waals surface area (Å²) >= 11 is 1.11. The van der Waals surface area contributed by atoms with Crippen molar-refractivity contribution in [2.45, 2.75) is 38.4 Å². The molecule has 16 heavy (non-hydrogen) atoms. The number of carbonyl (C=O) groups is 2. The lowest BCUT2D eigenvalue weighted by Gasteiger charge is -2.14. The van der Waals surface area contributed by atoms with Gasteiger partial charge in [0.15, 0.2) is 0 Å². The first-order valence-corrected chi connectivity index (χ1v) is 6.11. The highest BCUT2D eigenvalue weighted by atomic mass is 32.2. The Morgan fingerprint density at radius 1 is 1.38 bits per heavy atom. The highest BCUT2D eigenvalue weighted by molar-refractivity contribution is 8.00. The topological polar surface area (TPSA) is 43.4 Å². The van der Waals surface area contributed by atoms with Gasteiger partial charge in [0, 0.05) is 5.25 Å². The molecule has 0 aliphatic rings. The van der Waals surface area contributed by atoms with Gasteiger partial charge in [-0.2, -0.15) is 20.5 Å². The van der Waals surface area contributed by atoms with E-state index in [2.05, 4.69) is 4.74 Å². The molecule has 0 saturated carbocycles. The average Bonchev–Trinajstić information content (AvgIpc) is 2.25. The van der Waals surface area contributed by atoms with Crippen LogP contribution in [0.15, 0.2) is 0 Å². The van der Waals surface area contributed by atoms with Gasteiger partial charge in [0.25, 0.3) is 0 Å². The largest absolute Gasteiger partial charge is 0.461 e. The van der Waals surface area contributed by atoms with Crippen molar-refractivity contribution >= 4 is 23.5 Å². The van der Waals surface area contributed by atoms with Crippen molar-refractivity contribution in [3.8, 4) is 0 Å².